The van der Waals surface area contributed by atoms with Gasteiger partial charge in [0.25, 0.3) is 5.91 Å². The Labute approximate surface area is 173 Å². The molecule has 1 amide bonds. The number of benzene rings is 2. The van der Waals surface area contributed by atoms with Gasteiger partial charge in [0.2, 0.25) is 0 Å². The standard InChI is InChI=1S/C22H22N4O2S/c1-3-13-28-16-11-9-15(10-12-16)20-23-18-8-6-5-7-17(18)19-21(27)24-22(25-26(19)20)29-14-4-2/h4-12,20H,2-3,13-14H2,1H3,(H,24,25,27)/t20-/m0/s1. The van der Waals surface area contributed by atoms with Gasteiger partial charge in [0.15, 0.2) is 11.3 Å². The average Bonchev–Trinajstić information content (AvgIpc) is 2.76. The van der Waals surface area contributed by atoms with Crippen molar-refractivity contribution >= 4 is 28.5 Å². The third kappa shape index (κ3) is 3.91. The summed E-state index contributed by atoms with van der Waals surface area (Å²) in [4.78, 5) is 17.8. The van der Waals surface area contributed by atoms with E-state index in [2.05, 4.69) is 18.8 Å². The lowest BCUT2D eigenvalue weighted by Crippen LogP contribution is -2.50. The molecule has 4 rings (SSSR count). The molecular weight excluding hydrogens is 384 g/mol. The van der Waals surface area contributed by atoms with E-state index >= 15 is 0 Å². The Hall–Kier alpha value is -3.06. The third-order valence-electron chi connectivity index (χ3n) is 4.50. The molecule has 0 aromatic heterocycles. The molecule has 2 aromatic rings. The first-order valence-electron chi connectivity index (χ1n) is 9.54. The van der Waals surface area contributed by atoms with Gasteiger partial charge in [-0.05, 0) is 30.2 Å². The quantitative estimate of drug-likeness (QED) is 0.749. The molecule has 2 aliphatic heterocycles. The number of nitrogens with one attached hydrogen (secondary N) is 1. The molecule has 0 fully saturated rings. The number of carbonyl (C=O) groups is 1. The number of amidine groups is 1. The Morgan fingerprint density at radius 1 is 1.24 bits per heavy atom. The topological polar surface area (TPSA) is 66.3 Å². The van der Waals surface area contributed by atoms with Crippen molar-refractivity contribution in [3.63, 3.8) is 0 Å². The summed E-state index contributed by atoms with van der Waals surface area (Å²) in [7, 11) is 0. The highest BCUT2D eigenvalue weighted by molar-refractivity contribution is 8.14. The fourth-order valence-corrected chi connectivity index (χ4v) is 3.79. The Morgan fingerprint density at radius 2 is 2.03 bits per heavy atom. The summed E-state index contributed by atoms with van der Waals surface area (Å²) >= 11 is 1.43. The largest absolute Gasteiger partial charge is 0.494 e. The van der Waals surface area contributed by atoms with E-state index in [1.165, 1.54) is 11.8 Å². The van der Waals surface area contributed by atoms with Gasteiger partial charge < -0.3 is 4.74 Å². The summed E-state index contributed by atoms with van der Waals surface area (Å²) in [5.41, 5.74) is 1.45. The van der Waals surface area contributed by atoms with Gasteiger partial charge >= 0.3 is 0 Å². The number of hydrogen-bond donors (Lipinski definition) is 1. The lowest BCUT2D eigenvalue weighted by Gasteiger charge is -2.34. The number of hydrogen-bond acceptors (Lipinski definition) is 6. The van der Waals surface area contributed by atoms with Gasteiger partial charge in [0, 0.05) is 11.0 Å². The molecule has 0 bridgehead atoms. The number of carbonyl (C=O) groups excluding carboxylic acids is 1. The third-order valence-corrected chi connectivity index (χ3v) is 5.36. The van der Waals surface area contributed by atoms with Crippen molar-refractivity contribution in [1.82, 2.24) is 10.3 Å². The first-order chi connectivity index (χ1) is 14.2. The second-order valence-electron chi connectivity index (χ2n) is 6.59. The van der Waals surface area contributed by atoms with Crippen molar-refractivity contribution in [1.29, 1.82) is 0 Å². The summed E-state index contributed by atoms with van der Waals surface area (Å²) in [5, 5.41) is 11.4. The van der Waals surface area contributed by atoms with Crippen LogP contribution >= 0.6 is 11.8 Å². The molecule has 6 nitrogen and oxygen atoms in total. The molecule has 2 heterocycles. The maximum Gasteiger partial charge on any atom is 0.276 e. The molecule has 0 saturated heterocycles. The molecule has 2 aromatic carbocycles. The maximum atomic E-state index is 12.9. The first-order valence-corrected chi connectivity index (χ1v) is 10.5. The summed E-state index contributed by atoms with van der Waals surface area (Å²) in [6, 6.07) is 15.5. The predicted octanol–water partition coefficient (Wildman–Crippen LogP) is 2.54. The fourth-order valence-electron chi connectivity index (χ4n) is 3.20. The Kier molecular flexibility index (Phi) is 5.67. The Bertz CT molecular complexity index is 1080. The predicted molar refractivity (Wildman–Crippen MR) is 116 cm³/mol. The second-order valence-corrected chi connectivity index (χ2v) is 7.60. The number of fused-ring (bicyclic) bond motifs is 2. The molecule has 0 radical (unpaired) electrons. The summed E-state index contributed by atoms with van der Waals surface area (Å²) in [6.45, 7) is 6.48. The number of amides is 1. The highest BCUT2D eigenvalue weighted by atomic mass is 32.2. The minimum atomic E-state index is -0.425. The summed E-state index contributed by atoms with van der Waals surface area (Å²) in [6.07, 6.45) is 2.31. The lowest BCUT2D eigenvalue weighted by atomic mass is 10.1. The zero-order chi connectivity index (χ0) is 20.2. The van der Waals surface area contributed by atoms with Gasteiger partial charge in [-0.2, -0.15) is 0 Å². The minimum absolute atomic E-state index is 0.179. The number of rotatable bonds is 6. The van der Waals surface area contributed by atoms with Crippen LogP contribution in [0, 0.1) is 0 Å². The van der Waals surface area contributed by atoms with Gasteiger partial charge in [-0.1, -0.05) is 55.1 Å². The zero-order valence-electron chi connectivity index (χ0n) is 16.2. The van der Waals surface area contributed by atoms with E-state index in [9.17, 15) is 4.79 Å². The molecular formula is C22H22N4O2S. The monoisotopic (exact) mass is 406 g/mol. The smallest absolute Gasteiger partial charge is 0.276 e. The second kappa shape index (κ2) is 8.53. The van der Waals surface area contributed by atoms with E-state index in [4.69, 9.17) is 14.8 Å². The van der Waals surface area contributed by atoms with Crippen molar-refractivity contribution in [3.05, 3.63) is 77.3 Å². The van der Waals surface area contributed by atoms with E-state index in [0.717, 1.165) is 28.3 Å². The van der Waals surface area contributed by atoms with Crippen LogP contribution in [0.15, 0.2) is 71.3 Å². The molecule has 1 N–H and O–H groups in total. The number of hydrazone groups is 1. The lowest BCUT2D eigenvalue weighted by molar-refractivity contribution is -0.116. The molecule has 0 aliphatic carbocycles. The van der Waals surface area contributed by atoms with Gasteiger partial charge in [-0.25, -0.2) is 5.01 Å². The number of para-hydroxylation sites is 1. The van der Waals surface area contributed by atoms with E-state index in [1.54, 1.807) is 11.1 Å². The van der Waals surface area contributed by atoms with E-state index < -0.39 is 6.17 Å². The molecule has 1 atom stereocenters. The van der Waals surface area contributed by atoms with Crippen LogP contribution in [0.3, 0.4) is 0 Å². The van der Waals surface area contributed by atoms with Crippen molar-refractivity contribution in [2.45, 2.75) is 19.5 Å². The Morgan fingerprint density at radius 3 is 2.79 bits per heavy atom. The van der Waals surface area contributed by atoms with Gasteiger partial charge in [0.1, 0.15) is 11.4 Å². The molecule has 0 unspecified atom stereocenters. The zero-order valence-corrected chi connectivity index (χ0v) is 17.0. The van der Waals surface area contributed by atoms with Crippen LogP contribution in [0.5, 0.6) is 5.75 Å². The van der Waals surface area contributed by atoms with E-state index in [0.29, 0.717) is 23.2 Å². The van der Waals surface area contributed by atoms with Crippen LogP contribution in [0.1, 0.15) is 25.1 Å². The van der Waals surface area contributed by atoms with Gasteiger partial charge in [-0.15, -0.1) is 11.7 Å². The van der Waals surface area contributed by atoms with E-state index in [1.807, 2.05) is 48.5 Å². The van der Waals surface area contributed by atoms with Crippen LogP contribution < -0.4 is 20.6 Å². The first kappa shape index (κ1) is 19.3. The normalized spacial score (nSPS) is 17.5. The van der Waals surface area contributed by atoms with Crippen LogP contribution in [0.2, 0.25) is 0 Å². The fraction of sp³-hybridized carbons (Fsp3) is 0.227. The van der Waals surface area contributed by atoms with Crippen molar-refractivity contribution in [2.75, 3.05) is 12.4 Å². The van der Waals surface area contributed by atoms with Crippen molar-refractivity contribution < 1.29 is 9.53 Å². The van der Waals surface area contributed by atoms with Crippen LogP contribution in [0.4, 0.5) is 0 Å². The highest BCUT2D eigenvalue weighted by Gasteiger charge is 2.34. The Balaban J connectivity index is 1.78. The summed E-state index contributed by atoms with van der Waals surface area (Å²) < 4.78 is 5.68. The van der Waals surface area contributed by atoms with E-state index in [-0.39, 0.29) is 5.91 Å². The van der Waals surface area contributed by atoms with Crippen molar-refractivity contribution in [2.24, 2.45) is 10.1 Å². The maximum absolute atomic E-state index is 12.9. The number of thioether (sulfide) groups is 1. The van der Waals surface area contributed by atoms with Gasteiger partial charge in [-0.3, -0.25) is 15.1 Å². The highest BCUT2D eigenvalue weighted by Crippen LogP contribution is 2.31. The SMILES string of the molecule is C=CCSC1=NN2C(=c3ccccc3=N[C@@H]2c2ccc(OCCC)cc2)C(=O)N1. The van der Waals surface area contributed by atoms with Crippen LogP contribution in [-0.4, -0.2) is 28.4 Å². The minimum Gasteiger partial charge on any atom is -0.494 e. The van der Waals surface area contributed by atoms with Crippen LogP contribution in [-0.2, 0) is 4.79 Å². The molecule has 148 valence electrons. The average molecular weight is 407 g/mol. The van der Waals surface area contributed by atoms with Crippen molar-refractivity contribution in [3.8, 4) is 5.75 Å². The number of ether oxygens (including phenoxy) is 1. The molecule has 0 spiro atoms. The molecule has 7 heteroatoms. The van der Waals surface area contributed by atoms with Crippen LogP contribution in [0.25, 0.3) is 5.70 Å². The molecule has 2 aliphatic rings. The molecule has 29 heavy (non-hydrogen) atoms. The molecule has 0 saturated carbocycles. The van der Waals surface area contributed by atoms with Gasteiger partial charge in [0.05, 0.1) is 12.0 Å². The number of nitrogens with zero attached hydrogens (tertiary/aromatic N) is 3. The summed E-state index contributed by atoms with van der Waals surface area (Å²) in [5.74, 6) is 1.30.